The molecule has 2 rings (SSSR count). The van der Waals surface area contributed by atoms with Gasteiger partial charge >= 0.3 is 0 Å². The van der Waals surface area contributed by atoms with Crippen LogP contribution in [0.2, 0.25) is 0 Å². The van der Waals surface area contributed by atoms with Crippen LogP contribution in [0, 0.1) is 0 Å². The van der Waals surface area contributed by atoms with Crippen LogP contribution < -0.4 is 20.1 Å². The van der Waals surface area contributed by atoms with Gasteiger partial charge in [0.2, 0.25) is 0 Å². The third kappa shape index (κ3) is 6.12. The Balaban J connectivity index is 1.87. The highest BCUT2D eigenvalue weighted by Crippen LogP contribution is 2.27. The molecule has 6 nitrogen and oxygen atoms in total. The van der Waals surface area contributed by atoms with Gasteiger partial charge in [-0.05, 0) is 45.7 Å². The maximum Gasteiger partial charge on any atom is 0.191 e. The lowest BCUT2D eigenvalue weighted by Crippen LogP contribution is -2.43. The monoisotopic (exact) mass is 349 g/mol. The van der Waals surface area contributed by atoms with Crippen LogP contribution in [0.25, 0.3) is 0 Å². The van der Waals surface area contributed by atoms with Crippen molar-refractivity contribution < 1.29 is 14.2 Å². The van der Waals surface area contributed by atoms with E-state index in [2.05, 4.69) is 29.5 Å². The van der Waals surface area contributed by atoms with Gasteiger partial charge in [0.1, 0.15) is 6.10 Å². The summed E-state index contributed by atoms with van der Waals surface area (Å²) in [6.45, 7) is 9.14. The number of guanidine groups is 1. The quantitative estimate of drug-likeness (QED) is 0.558. The molecule has 0 aromatic heterocycles. The Morgan fingerprint density at radius 2 is 2.08 bits per heavy atom. The molecule has 6 heteroatoms. The number of aliphatic imine (C=N–C) groups is 1. The number of nitrogens with one attached hydrogen (secondary N) is 2. The Morgan fingerprint density at radius 3 is 2.72 bits per heavy atom. The molecule has 1 fully saturated rings. The molecular formula is C19H31N3O3. The number of rotatable bonds is 8. The maximum absolute atomic E-state index is 5.97. The van der Waals surface area contributed by atoms with Gasteiger partial charge < -0.3 is 24.8 Å². The first-order chi connectivity index (χ1) is 12.1. The van der Waals surface area contributed by atoms with Crippen molar-refractivity contribution in [3.8, 4) is 11.5 Å². The standard InChI is InChI=1S/C19H31N3O3/c1-5-20-18(22-14-19(3)11-8-12-24-19)21-13-15(2)25-17-10-7-6-9-16(17)23-4/h6-7,9-10,15H,5,8,11-14H2,1-4H3,(H2,20,21,22). The molecule has 1 aromatic carbocycles. The lowest BCUT2D eigenvalue weighted by atomic mass is 10.0. The smallest absolute Gasteiger partial charge is 0.191 e. The first-order valence-corrected chi connectivity index (χ1v) is 9.02. The summed E-state index contributed by atoms with van der Waals surface area (Å²) in [5, 5.41) is 6.61. The van der Waals surface area contributed by atoms with E-state index in [4.69, 9.17) is 14.2 Å². The lowest BCUT2D eigenvalue weighted by molar-refractivity contribution is 0.0283. The minimum Gasteiger partial charge on any atom is -0.493 e. The summed E-state index contributed by atoms with van der Waals surface area (Å²) in [5.74, 6) is 2.27. The van der Waals surface area contributed by atoms with E-state index >= 15 is 0 Å². The van der Waals surface area contributed by atoms with Gasteiger partial charge in [0.15, 0.2) is 17.5 Å². The van der Waals surface area contributed by atoms with E-state index in [0.717, 1.165) is 43.5 Å². The largest absolute Gasteiger partial charge is 0.493 e. The molecule has 25 heavy (non-hydrogen) atoms. The van der Waals surface area contributed by atoms with Crippen LogP contribution in [0.5, 0.6) is 11.5 Å². The van der Waals surface area contributed by atoms with Crippen molar-refractivity contribution in [1.29, 1.82) is 0 Å². The number of hydrogen-bond acceptors (Lipinski definition) is 4. The van der Waals surface area contributed by atoms with Crippen LogP contribution in [-0.2, 0) is 4.74 Å². The molecule has 0 aliphatic carbocycles. The van der Waals surface area contributed by atoms with Crippen LogP contribution in [0.1, 0.15) is 33.6 Å². The van der Waals surface area contributed by atoms with Crippen molar-refractivity contribution in [1.82, 2.24) is 10.6 Å². The fraction of sp³-hybridized carbons (Fsp3) is 0.632. The molecule has 0 saturated carbocycles. The molecule has 0 bridgehead atoms. The third-order valence-corrected chi connectivity index (χ3v) is 4.17. The molecule has 0 amide bonds. The third-order valence-electron chi connectivity index (χ3n) is 4.17. The average molecular weight is 349 g/mol. The van der Waals surface area contributed by atoms with E-state index in [-0.39, 0.29) is 11.7 Å². The predicted molar refractivity (Wildman–Crippen MR) is 101 cm³/mol. The van der Waals surface area contributed by atoms with E-state index in [0.29, 0.717) is 13.1 Å². The van der Waals surface area contributed by atoms with Crippen molar-refractivity contribution in [3.63, 3.8) is 0 Å². The van der Waals surface area contributed by atoms with Gasteiger partial charge in [-0.2, -0.15) is 0 Å². The van der Waals surface area contributed by atoms with Gasteiger partial charge in [0.05, 0.1) is 25.8 Å². The van der Waals surface area contributed by atoms with E-state index in [1.165, 1.54) is 0 Å². The summed E-state index contributed by atoms with van der Waals surface area (Å²) in [7, 11) is 1.65. The summed E-state index contributed by atoms with van der Waals surface area (Å²) in [6, 6.07) is 7.66. The maximum atomic E-state index is 5.97. The van der Waals surface area contributed by atoms with Crippen molar-refractivity contribution in [2.45, 2.75) is 45.3 Å². The van der Waals surface area contributed by atoms with Crippen molar-refractivity contribution >= 4 is 5.96 Å². The lowest BCUT2D eigenvalue weighted by Gasteiger charge is -2.22. The average Bonchev–Trinajstić information content (AvgIpc) is 3.05. The second kappa shape index (κ2) is 9.51. The minimum absolute atomic E-state index is 0.0292. The summed E-state index contributed by atoms with van der Waals surface area (Å²) in [4.78, 5) is 4.67. The first kappa shape index (κ1) is 19.4. The number of para-hydroxylation sites is 2. The Morgan fingerprint density at radius 1 is 1.32 bits per heavy atom. The van der Waals surface area contributed by atoms with Gasteiger partial charge in [0.25, 0.3) is 0 Å². The van der Waals surface area contributed by atoms with Gasteiger partial charge in [-0.3, -0.25) is 4.99 Å². The summed E-state index contributed by atoms with van der Waals surface area (Å²) < 4.78 is 17.1. The van der Waals surface area contributed by atoms with Gasteiger partial charge in [0, 0.05) is 13.2 Å². The van der Waals surface area contributed by atoms with Crippen molar-refractivity contribution in [2.24, 2.45) is 4.99 Å². The topological polar surface area (TPSA) is 64.1 Å². The minimum atomic E-state index is -0.137. The Kier molecular flexibility index (Phi) is 7.37. The number of benzene rings is 1. The number of hydrogen-bond donors (Lipinski definition) is 2. The van der Waals surface area contributed by atoms with E-state index in [1.807, 2.05) is 31.2 Å². The Labute approximate surface area is 151 Å². The number of methoxy groups -OCH3 is 1. The molecule has 2 N–H and O–H groups in total. The molecule has 0 spiro atoms. The molecular weight excluding hydrogens is 318 g/mol. The van der Waals surface area contributed by atoms with Crippen LogP contribution >= 0.6 is 0 Å². The molecule has 1 saturated heterocycles. The zero-order valence-corrected chi connectivity index (χ0v) is 15.8. The van der Waals surface area contributed by atoms with Crippen molar-refractivity contribution in [2.75, 3.05) is 33.4 Å². The molecule has 1 aliphatic rings. The fourth-order valence-electron chi connectivity index (χ4n) is 2.76. The molecule has 1 heterocycles. The second-order valence-corrected chi connectivity index (χ2v) is 6.56. The summed E-state index contributed by atoms with van der Waals surface area (Å²) >= 11 is 0. The first-order valence-electron chi connectivity index (χ1n) is 9.02. The van der Waals surface area contributed by atoms with E-state index < -0.39 is 0 Å². The van der Waals surface area contributed by atoms with Crippen LogP contribution in [0.3, 0.4) is 0 Å². The molecule has 2 unspecified atom stereocenters. The van der Waals surface area contributed by atoms with E-state index in [1.54, 1.807) is 7.11 Å². The zero-order valence-electron chi connectivity index (χ0n) is 15.8. The normalized spacial score (nSPS) is 21.7. The van der Waals surface area contributed by atoms with E-state index in [9.17, 15) is 0 Å². The van der Waals surface area contributed by atoms with Crippen LogP contribution in [0.4, 0.5) is 0 Å². The van der Waals surface area contributed by atoms with Crippen molar-refractivity contribution in [3.05, 3.63) is 24.3 Å². The number of nitrogens with zero attached hydrogens (tertiary/aromatic N) is 1. The summed E-state index contributed by atoms with van der Waals surface area (Å²) in [6.07, 6.45) is 2.14. The zero-order chi connectivity index (χ0) is 18.1. The van der Waals surface area contributed by atoms with Gasteiger partial charge in [-0.25, -0.2) is 0 Å². The predicted octanol–water partition coefficient (Wildman–Crippen LogP) is 2.59. The van der Waals surface area contributed by atoms with Gasteiger partial charge in [-0.15, -0.1) is 0 Å². The van der Waals surface area contributed by atoms with Crippen LogP contribution in [-0.4, -0.2) is 51.0 Å². The van der Waals surface area contributed by atoms with Gasteiger partial charge in [-0.1, -0.05) is 12.1 Å². The summed E-state index contributed by atoms with van der Waals surface area (Å²) in [5.41, 5.74) is -0.137. The molecule has 1 aromatic rings. The molecule has 1 aliphatic heterocycles. The Bertz CT molecular complexity index is 557. The second-order valence-electron chi connectivity index (χ2n) is 6.56. The highest BCUT2D eigenvalue weighted by atomic mass is 16.5. The highest BCUT2D eigenvalue weighted by Gasteiger charge is 2.29. The fourth-order valence-corrected chi connectivity index (χ4v) is 2.76. The molecule has 0 radical (unpaired) electrons. The SMILES string of the molecule is CCNC(=NCC1(C)CCCO1)NCC(C)Oc1ccccc1OC. The molecule has 2 atom stereocenters. The highest BCUT2D eigenvalue weighted by molar-refractivity contribution is 5.79. The van der Waals surface area contributed by atoms with Crippen LogP contribution in [0.15, 0.2) is 29.3 Å². The number of ether oxygens (including phenoxy) is 3. The molecule has 140 valence electrons. The Hall–Kier alpha value is -1.95.